The molecule has 0 saturated carbocycles. The highest BCUT2D eigenvalue weighted by Gasteiger charge is 2.23. The molecule has 0 aliphatic heterocycles. The minimum atomic E-state index is 0.257. The molecule has 0 aliphatic carbocycles. The SMILES string of the molecule is Clc1ccccc1CN=C(C(=NCn1c(-c2ccccc2Cl)nc(-c2ccccc2)c1-c1ccccc1)c1ccccc1)c1ccccc1. The highest BCUT2D eigenvalue weighted by molar-refractivity contribution is 6.53. The van der Waals surface area contributed by atoms with Gasteiger partial charge in [-0.2, -0.15) is 0 Å². The van der Waals surface area contributed by atoms with Crippen molar-refractivity contribution < 1.29 is 0 Å². The average molecular weight is 676 g/mol. The van der Waals surface area contributed by atoms with Gasteiger partial charge >= 0.3 is 0 Å². The first-order valence-corrected chi connectivity index (χ1v) is 16.8. The Morgan fingerprint density at radius 2 is 1.00 bits per heavy atom. The molecule has 0 atom stereocenters. The van der Waals surface area contributed by atoms with Crippen LogP contribution in [-0.2, 0) is 13.2 Å². The Morgan fingerprint density at radius 3 is 1.59 bits per heavy atom. The smallest absolute Gasteiger partial charge is 0.144 e. The predicted octanol–water partition coefficient (Wildman–Crippen LogP) is 11.3. The van der Waals surface area contributed by atoms with Crippen molar-refractivity contribution >= 4 is 34.6 Å². The Kier molecular flexibility index (Phi) is 9.88. The van der Waals surface area contributed by atoms with E-state index >= 15 is 0 Å². The van der Waals surface area contributed by atoms with E-state index in [4.69, 9.17) is 38.2 Å². The zero-order valence-corrected chi connectivity index (χ0v) is 28.1. The van der Waals surface area contributed by atoms with Gasteiger partial charge in [0.1, 0.15) is 12.5 Å². The zero-order valence-electron chi connectivity index (χ0n) is 26.6. The molecule has 4 nitrogen and oxygen atoms in total. The molecule has 1 heterocycles. The van der Waals surface area contributed by atoms with Gasteiger partial charge in [0.15, 0.2) is 0 Å². The molecule has 0 radical (unpaired) electrons. The van der Waals surface area contributed by atoms with Gasteiger partial charge in [0.05, 0.1) is 34.4 Å². The standard InChI is InChI=1S/C43H32Cl2N4/c44-37-27-15-13-25-35(37)29-46-39(31-17-5-1-6-18-31)40(32-19-7-2-8-20-32)47-30-49-42(34-23-11-4-12-24-34)41(33-21-9-3-10-22-33)48-43(49)36-26-14-16-28-38(36)45/h1-28H,29-30H2. The van der Waals surface area contributed by atoms with Gasteiger partial charge in [-0.3, -0.25) is 9.98 Å². The maximum absolute atomic E-state index is 6.87. The van der Waals surface area contributed by atoms with Crippen molar-refractivity contribution in [1.29, 1.82) is 0 Å². The molecular formula is C43H32Cl2N4. The number of imidazole rings is 1. The lowest BCUT2D eigenvalue weighted by atomic mass is 9.99. The summed E-state index contributed by atoms with van der Waals surface area (Å²) in [4.78, 5) is 15.9. The molecule has 0 spiro atoms. The van der Waals surface area contributed by atoms with Crippen LogP contribution in [0.15, 0.2) is 180 Å². The van der Waals surface area contributed by atoms with Crippen molar-refractivity contribution in [3.8, 4) is 33.9 Å². The van der Waals surface area contributed by atoms with E-state index in [1.807, 2.05) is 121 Å². The molecule has 0 N–H and O–H groups in total. The predicted molar refractivity (Wildman–Crippen MR) is 205 cm³/mol. The van der Waals surface area contributed by atoms with Crippen LogP contribution in [0, 0.1) is 0 Å². The highest BCUT2D eigenvalue weighted by Crippen LogP contribution is 2.38. The molecule has 0 unspecified atom stereocenters. The van der Waals surface area contributed by atoms with Crippen LogP contribution < -0.4 is 0 Å². The van der Waals surface area contributed by atoms with E-state index in [0.717, 1.165) is 62.0 Å². The first-order chi connectivity index (χ1) is 24.2. The second-order valence-corrected chi connectivity index (χ2v) is 12.2. The van der Waals surface area contributed by atoms with E-state index in [0.29, 0.717) is 16.6 Å². The minimum Gasteiger partial charge on any atom is -0.303 e. The minimum absolute atomic E-state index is 0.257. The van der Waals surface area contributed by atoms with Crippen molar-refractivity contribution in [2.75, 3.05) is 0 Å². The van der Waals surface area contributed by atoms with E-state index in [1.165, 1.54) is 0 Å². The van der Waals surface area contributed by atoms with Gasteiger partial charge in [-0.25, -0.2) is 4.98 Å². The monoisotopic (exact) mass is 674 g/mol. The number of aromatic nitrogens is 2. The van der Waals surface area contributed by atoms with Gasteiger partial charge in [0, 0.05) is 32.8 Å². The summed E-state index contributed by atoms with van der Waals surface area (Å²) in [5, 5.41) is 1.30. The van der Waals surface area contributed by atoms with Crippen molar-refractivity contribution in [3.05, 3.63) is 197 Å². The Morgan fingerprint density at radius 1 is 0.510 bits per heavy atom. The lowest BCUT2D eigenvalue weighted by molar-refractivity contribution is 0.750. The van der Waals surface area contributed by atoms with Crippen molar-refractivity contribution in [1.82, 2.24) is 9.55 Å². The molecule has 6 heteroatoms. The van der Waals surface area contributed by atoms with E-state index in [-0.39, 0.29) is 6.67 Å². The molecule has 7 rings (SSSR count). The second kappa shape index (κ2) is 15.1. The Labute approximate surface area is 296 Å². The van der Waals surface area contributed by atoms with E-state index in [2.05, 4.69) is 53.1 Å². The first kappa shape index (κ1) is 32.0. The maximum atomic E-state index is 6.87. The topological polar surface area (TPSA) is 42.5 Å². The third kappa shape index (κ3) is 7.17. The van der Waals surface area contributed by atoms with Gasteiger partial charge in [-0.1, -0.05) is 175 Å². The number of nitrogens with zero attached hydrogens (tertiary/aromatic N) is 4. The van der Waals surface area contributed by atoms with Gasteiger partial charge in [0.25, 0.3) is 0 Å². The van der Waals surface area contributed by atoms with Crippen LogP contribution >= 0.6 is 23.2 Å². The molecular weight excluding hydrogens is 643 g/mol. The van der Waals surface area contributed by atoms with Gasteiger partial charge in [-0.05, 0) is 23.8 Å². The van der Waals surface area contributed by atoms with Crippen LogP contribution in [0.5, 0.6) is 0 Å². The van der Waals surface area contributed by atoms with Crippen LogP contribution in [0.4, 0.5) is 0 Å². The molecule has 6 aromatic carbocycles. The molecule has 7 aromatic rings. The van der Waals surface area contributed by atoms with Crippen LogP contribution in [0.25, 0.3) is 33.9 Å². The number of benzene rings is 6. The summed E-state index contributed by atoms with van der Waals surface area (Å²) in [5.74, 6) is 0.730. The third-order valence-corrected chi connectivity index (χ3v) is 8.93. The van der Waals surface area contributed by atoms with Crippen LogP contribution in [-0.4, -0.2) is 21.0 Å². The molecule has 0 aliphatic rings. The molecule has 0 bridgehead atoms. The fraction of sp³-hybridized carbons (Fsp3) is 0.0465. The molecule has 1 aromatic heterocycles. The highest BCUT2D eigenvalue weighted by atomic mass is 35.5. The maximum Gasteiger partial charge on any atom is 0.144 e. The Bertz CT molecular complexity index is 2230. The largest absolute Gasteiger partial charge is 0.303 e. The fourth-order valence-corrected chi connectivity index (χ4v) is 6.27. The first-order valence-electron chi connectivity index (χ1n) is 16.1. The van der Waals surface area contributed by atoms with E-state index < -0.39 is 0 Å². The van der Waals surface area contributed by atoms with Crippen molar-refractivity contribution in [2.45, 2.75) is 13.2 Å². The zero-order chi connectivity index (χ0) is 33.4. The molecule has 0 fully saturated rings. The van der Waals surface area contributed by atoms with E-state index in [1.54, 1.807) is 0 Å². The normalized spacial score (nSPS) is 11.9. The lowest BCUT2D eigenvalue weighted by Gasteiger charge is -2.16. The quantitative estimate of drug-likeness (QED) is 0.133. The van der Waals surface area contributed by atoms with E-state index in [9.17, 15) is 0 Å². The summed E-state index contributed by atoms with van der Waals surface area (Å²) in [7, 11) is 0. The summed E-state index contributed by atoms with van der Waals surface area (Å²) in [6.45, 7) is 0.659. The van der Waals surface area contributed by atoms with Crippen molar-refractivity contribution in [2.24, 2.45) is 9.98 Å². The molecule has 238 valence electrons. The van der Waals surface area contributed by atoms with Crippen LogP contribution in [0.3, 0.4) is 0 Å². The Balaban J connectivity index is 1.46. The summed E-state index contributed by atoms with van der Waals surface area (Å²) >= 11 is 13.5. The van der Waals surface area contributed by atoms with Gasteiger partial charge in [-0.15, -0.1) is 0 Å². The van der Waals surface area contributed by atoms with Crippen molar-refractivity contribution in [3.63, 3.8) is 0 Å². The average Bonchev–Trinajstić information content (AvgIpc) is 3.54. The van der Waals surface area contributed by atoms with Crippen LogP contribution in [0.1, 0.15) is 16.7 Å². The summed E-state index contributed by atoms with van der Waals surface area (Å²) < 4.78 is 2.17. The Hall–Kier alpha value is -5.55. The summed E-state index contributed by atoms with van der Waals surface area (Å²) in [6.07, 6.45) is 0. The number of rotatable bonds is 10. The lowest BCUT2D eigenvalue weighted by Crippen LogP contribution is -2.19. The number of hydrogen-bond donors (Lipinski definition) is 0. The molecule has 0 saturated heterocycles. The summed E-state index contributed by atoms with van der Waals surface area (Å²) in [5.41, 5.74) is 9.06. The number of hydrogen-bond acceptors (Lipinski definition) is 3. The second-order valence-electron chi connectivity index (χ2n) is 11.4. The molecule has 0 amide bonds. The fourth-order valence-electron chi connectivity index (χ4n) is 5.85. The number of halogens is 2. The summed E-state index contributed by atoms with van der Waals surface area (Å²) in [6, 6.07) is 56.6. The molecule has 49 heavy (non-hydrogen) atoms. The van der Waals surface area contributed by atoms with Gasteiger partial charge in [0.2, 0.25) is 0 Å². The van der Waals surface area contributed by atoms with Crippen LogP contribution in [0.2, 0.25) is 10.0 Å². The third-order valence-electron chi connectivity index (χ3n) is 8.23. The number of aliphatic imine (C=N–C) groups is 2. The van der Waals surface area contributed by atoms with Gasteiger partial charge < -0.3 is 4.57 Å².